The van der Waals surface area contributed by atoms with Gasteiger partial charge in [0.15, 0.2) is 0 Å². The van der Waals surface area contributed by atoms with Crippen LogP contribution in [0.5, 0.6) is 0 Å². The van der Waals surface area contributed by atoms with E-state index in [4.69, 9.17) is 0 Å². The zero-order chi connectivity index (χ0) is 15.2. The lowest BCUT2D eigenvalue weighted by Gasteiger charge is -2.18. The molecule has 1 aliphatic rings. The van der Waals surface area contributed by atoms with Crippen molar-refractivity contribution in [3.05, 3.63) is 47.5 Å². The van der Waals surface area contributed by atoms with Crippen molar-refractivity contribution in [3.63, 3.8) is 0 Å². The van der Waals surface area contributed by atoms with Crippen LogP contribution in [0.3, 0.4) is 0 Å². The van der Waals surface area contributed by atoms with Crippen molar-refractivity contribution in [2.24, 2.45) is 0 Å². The van der Waals surface area contributed by atoms with E-state index in [1.54, 1.807) is 0 Å². The number of rotatable bonds is 6. The highest BCUT2D eigenvalue weighted by Gasteiger charge is 2.28. The minimum absolute atomic E-state index is 0.100. The lowest BCUT2D eigenvalue weighted by atomic mass is 10.0. The monoisotopic (exact) mass is 286 g/mol. The van der Waals surface area contributed by atoms with Gasteiger partial charge in [-0.3, -0.25) is 9.59 Å². The normalized spacial score (nSPS) is 15.0. The van der Waals surface area contributed by atoms with E-state index in [1.165, 1.54) is 6.08 Å². The van der Waals surface area contributed by atoms with E-state index in [1.807, 2.05) is 44.2 Å². The summed E-state index contributed by atoms with van der Waals surface area (Å²) in [6.07, 6.45) is 4.08. The van der Waals surface area contributed by atoms with E-state index < -0.39 is 6.04 Å². The molecule has 2 N–H and O–H groups in total. The Morgan fingerprint density at radius 3 is 2.48 bits per heavy atom. The summed E-state index contributed by atoms with van der Waals surface area (Å²) in [6, 6.07) is 9.48. The van der Waals surface area contributed by atoms with Crippen molar-refractivity contribution in [3.8, 4) is 0 Å². The van der Waals surface area contributed by atoms with Gasteiger partial charge in [-0.05, 0) is 32.3 Å². The molecule has 2 amide bonds. The first kappa shape index (κ1) is 15.3. The number of carbonyl (C=O) groups excluding carboxylic acids is 2. The van der Waals surface area contributed by atoms with Crippen molar-refractivity contribution >= 4 is 11.8 Å². The van der Waals surface area contributed by atoms with Gasteiger partial charge in [0.1, 0.15) is 6.04 Å². The van der Waals surface area contributed by atoms with Crippen molar-refractivity contribution in [1.82, 2.24) is 10.6 Å². The van der Waals surface area contributed by atoms with Crippen LogP contribution in [0.15, 0.2) is 42.0 Å². The number of hydrogen-bond donors (Lipinski definition) is 2. The Morgan fingerprint density at radius 1 is 1.24 bits per heavy atom. The highest BCUT2D eigenvalue weighted by Crippen LogP contribution is 2.19. The summed E-state index contributed by atoms with van der Waals surface area (Å²) in [6.45, 7) is 3.71. The topological polar surface area (TPSA) is 58.2 Å². The summed E-state index contributed by atoms with van der Waals surface area (Å²) in [5.74, 6) is -0.321. The molecule has 0 heterocycles. The lowest BCUT2D eigenvalue weighted by molar-refractivity contribution is -0.127. The number of amides is 2. The molecule has 1 atom stereocenters. The minimum atomic E-state index is -0.531. The predicted octanol–water partition coefficient (Wildman–Crippen LogP) is 1.96. The van der Waals surface area contributed by atoms with Crippen LogP contribution < -0.4 is 10.6 Å². The van der Waals surface area contributed by atoms with Crippen LogP contribution >= 0.6 is 0 Å². The highest BCUT2D eigenvalue weighted by atomic mass is 16.2. The molecule has 112 valence electrons. The van der Waals surface area contributed by atoms with E-state index in [0.29, 0.717) is 6.42 Å². The SMILES string of the molecule is CC(C)=CC(=O)N[C@H](Cc1ccccc1)C(=O)NC1CC1. The van der Waals surface area contributed by atoms with E-state index in [-0.39, 0.29) is 17.9 Å². The van der Waals surface area contributed by atoms with Gasteiger partial charge in [-0.25, -0.2) is 0 Å². The first-order chi connectivity index (χ1) is 10.0. The Hall–Kier alpha value is -2.10. The van der Waals surface area contributed by atoms with E-state index in [9.17, 15) is 9.59 Å². The third-order valence-electron chi connectivity index (χ3n) is 3.26. The summed E-state index contributed by atoms with van der Waals surface area (Å²) < 4.78 is 0. The second-order valence-electron chi connectivity index (χ2n) is 5.76. The van der Waals surface area contributed by atoms with Crippen molar-refractivity contribution in [2.45, 2.75) is 45.2 Å². The second kappa shape index (κ2) is 7.07. The number of nitrogens with one attached hydrogen (secondary N) is 2. The molecule has 0 aromatic heterocycles. The molecule has 4 heteroatoms. The maximum atomic E-state index is 12.3. The molecule has 4 nitrogen and oxygen atoms in total. The van der Waals surface area contributed by atoms with Crippen LogP contribution in [0.2, 0.25) is 0 Å². The summed E-state index contributed by atoms with van der Waals surface area (Å²) >= 11 is 0. The second-order valence-corrected chi connectivity index (χ2v) is 5.76. The van der Waals surface area contributed by atoms with Crippen LogP contribution in [-0.4, -0.2) is 23.9 Å². The molecule has 0 aliphatic heterocycles. The van der Waals surface area contributed by atoms with Gasteiger partial charge in [0.25, 0.3) is 0 Å². The van der Waals surface area contributed by atoms with Crippen molar-refractivity contribution < 1.29 is 9.59 Å². The molecule has 1 aromatic rings. The summed E-state index contributed by atoms with van der Waals surface area (Å²) in [5, 5.41) is 5.76. The van der Waals surface area contributed by atoms with Crippen LogP contribution in [0.4, 0.5) is 0 Å². The lowest BCUT2D eigenvalue weighted by Crippen LogP contribution is -2.48. The van der Waals surface area contributed by atoms with Crippen molar-refractivity contribution in [1.29, 1.82) is 0 Å². The molecule has 0 unspecified atom stereocenters. The molecule has 0 saturated heterocycles. The number of benzene rings is 1. The third kappa shape index (κ3) is 5.42. The van der Waals surface area contributed by atoms with Crippen LogP contribution in [-0.2, 0) is 16.0 Å². The Balaban J connectivity index is 2.03. The van der Waals surface area contributed by atoms with Gasteiger partial charge in [-0.1, -0.05) is 35.9 Å². The zero-order valence-electron chi connectivity index (χ0n) is 12.6. The van der Waals surface area contributed by atoms with E-state index >= 15 is 0 Å². The van der Waals surface area contributed by atoms with Gasteiger partial charge < -0.3 is 10.6 Å². The fraction of sp³-hybridized carbons (Fsp3) is 0.412. The Morgan fingerprint density at radius 2 is 1.90 bits per heavy atom. The smallest absolute Gasteiger partial charge is 0.244 e. The largest absolute Gasteiger partial charge is 0.352 e. The molecule has 1 saturated carbocycles. The number of allylic oxidation sites excluding steroid dienone is 1. The molecule has 1 aromatic carbocycles. The standard InChI is InChI=1S/C17H22N2O2/c1-12(2)10-16(20)19-15(17(21)18-14-8-9-14)11-13-6-4-3-5-7-13/h3-7,10,14-15H,8-9,11H2,1-2H3,(H,18,21)(H,19,20)/t15-/m1/s1. The van der Waals surface area contributed by atoms with Gasteiger partial charge in [-0.2, -0.15) is 0 Å². The Labute approximate surface area is 125 Å². The van der Waals surface area contributed by atoms with Gasteiger partial charge in [0.2, 0.25) is 11.8 Å². The van der Waals surface area contributed by atoms with Gasteiger partial charge in [0.05, 0.1) is 0 Å². The number of carbonyl (C=O) groups is 2. The van der Waals surface area contributed by atoms with E-state index in [0.717, 1.165) is 24.0 Å². The van der Waals surface area contributed by atoms with Gasteiger partial charge >= 0.3 is 0 Å². The minimum Gasteiger partial charge on any atom is -0.352 e. The third-order valence-corrected chi connectivity index (χ3v) is 3.26. The highest BCUT2D eigenvalue weighted by molar-refractivity contribution is 5.93. The molecule has 1 fully saturated rings. The fourth-order valence-corrected chi connectivity index (χ4v) is 2.06. The molecule has 1 aliphatic carbocycles. The predicted molar refractivity (Wildman–Crippen MR) is 82.7 cm³/mol. The summed E-state index contributed by atoms with van der Waals surface area (Å²) in [4.78, 5) is 24.2. The van der Waals surface area contributed by atoms with Gasteiger partial charge in [-0.15, -0.1) is 0 Å². The fourth-order valence-electron chi connectivity index (χ4n) is 2.06. The van der Waals surface area contributed by atoms with E-state index in [2.05, 4.69) is 10.6 Å². The average molecular weight is 286 g/mol. The molecule has 0 bridgehead atoms. The summed E-state index contributed by atoms with van der Waals surface area (Å²) in [5.41, 5.74) is 1.94. The van der Waals surface area contributed by atoms with Crippen LogP contribution in [0, 0.1) is 0 Å². The van der Waals surface area contributed by atoms with Gasteiger partial charge in [0, 0.05) is 18.5 Å². The Kier molecular flexibility index (Phi) is 5.14. The molecule has 0 radical (unpaired) electrons. The van der Waals surface area contributed by atoms with Crippen LogP contribution in [0.25, 0.3) is 0 Å². The number of hydrogen-bond acceptors (Lipinski definition) is 2. The molecular formula is C17H22N2O2. The van der Waals surface area contributed by atoms with Crippen molar-refractivity contribution in [2.75, 3.05) is 0 Å². The quantitative estimate of drug-likeness (QED) is 0.785. The molecule has 2 rings (SSSR count). The average Bonchev–Trinajstić information content (AvgIpc) is 3.22. The molecule has 21 heavy (non-hydrogen) atoms. The maximum Gasteiger partial charge on any atom is 0.244 e. The zero-order valence-corrected chi connectivity index (χ0v) is 12.6. The Bertz CT molecular complexity index is 529. The maximum absolute atomic E-state index is 12.3. The molecule has 0 spiro atoms. The summed E-state index contributed by atoms with van der Waals surface area (Å²) in [7, 11) is 0. The molecular weight excluding hydrogens is 264 g/mol. The first-order valence-electron chi connectivity index (χ1n) is 7.34. The first-order valence-corrected chi connectivity index (χ1v) is 7.34. The van der Waals surface area contributed by atoms with Crippen LogP contribution in [0.1, 0.15) is 32.3 Å².